The van der Waals surface area contributed by atoms with Crippen molar-refractivity contribution in [2.24, 2.45) is 0 Å². The summed E-state index contributed by atoms with van der Waals surface area (Å²) in [5, 5.41) is -0.286. The number of hydrogen-bond donors (Lipinski definition) is 2. The van der Waals surface area contributed by atoms with Crippen molar-refractivity contribution in [3.8, 4) is 0 Å². The lowest BCUT2D eigenvalue weighted by Crippen LogP contribution is -2.30. The summed E-state index contributed by atoms with van der Waals surface area (Å²) in [7, 11) is 0. The Morgan fingerprint density at radius 1 is 1.56 bits per heavy atom. The molecule has 0 saturated carbocycles. The van der Waals surface area contributed by atoms with Gasteiger partial charge in [-0.25, -0.2) is 4.98 Å². The van der Waals surface area contributed by atoms with E-state index in [-0.39, 0.29) is 34.8 Å². The third-order valence-corrected chi connectivity index (χ3v) is 3.58. The van der Waals surface area contributed by atoms with Gasteiger partial charge in [-0.1, -0.05) is 11.8 Å². The molecule has 18 heavy (non-hydrogen) atoms. The van der Waals surface area contributed by atoms with E-state index in [1.165, 1.54) is 4.90 Å². The van der Waals surface area contributed by atoms with E-state index >= 15 is 0 Å². The second-order valence-electron chi connectivity index (χ2n) is 3.76. The minimum Gasteiger partial charge on any atom is -0.383 e. The summed E-state index contributed by atoms with van der Waals surface area (Å²) in [6.07, 6.45) is 0.121. The molecule has 0 aromatic carbocycles. The van der Waals surface area contributed by atoms with Gasteiger partial charge in [0.1, 0.15) is 11.1 Å². The first-order chi connectivity index (χ1) is 8.51. The van der Waals surface area contributed by atoms with E-state index in [2.05, 4.69) is 9.97 Å². The molecule has 1 unspecified atom stereocenters. The number of hydrogen-bond acceptors (Lipinski definition) is 6. The number of imide groups is 1. The van der Waals surface area contributed by atoms with Crippen LogP contribution in [0.15, 0.2) is 16.0 Å². The smallest absolute Gasteiger partial charge is 0.253 e. The van der Waals surface area contributed by atoms with Crippen molar-refractivity contribution < 1.29 is 9.59 Å². The van der Waals surface area contributed by atoms with Crippen LogP contribution in [0.2, 0.25) is 0 Å². The number of aromatic amines is 1. The third-order valence-electron chi connectivity index (χ3n) is 2.51. The summed E-state index contributed by atoms with van der Waals surface area (Å²) in [6.45, 7) is 2.10. The van der Waals surface area contributed by atoms with Gasteiger partial charge < -0.3 is 10.7 Å². The first-order valence-electron chi connectivity index (χ1n) is 5.39. The Balaban J connectivity index is 2.18. The van der Waals surface area contributed by atoms with E-state index in [1.807, 2.05) is 0 Å². The molecule has 1 aliphatic heterocycles. The highest BCUT2D eigenvalue weighted by atomic mass is 32.2. The Bertz CT molecular complexity index is 556. The Hall–Kier alpha value is -1.83. The molecule has 2 amide bonds. The summed E-state index contributed by atoms with van der Waals surface area (Å²) in [6, 6.07) is 1.16. The van der Waals surface area contributed by atoms with Crippen molar-refractivity contribution in [1.82, 2.24) is 14.9 Å². The van der Waals surface area contributed by atoms with E-state index in [9.17, 15) is 14.4 Å². The number of nitrogens with two attached hydrogens (primary N) is 1. The maximum Gasteiger partial charge on any atom is 0.253 e. The molecule has 7 nitrogen and oxygen atoms in total. The highest BCUT2D eigenvalue weighted by Crippen LogP contribution is 2.28. The average molecular weight is 268 g/mol. The zero-order valence-corrected chi connectivity index (χ0v) is 10.5. The lowest BCUT2D eigenvalue weighted by molar-refractivity contribution is -0.137. The number of nitrogen functional groups attached to an aromatic ring is 1. The van der Waals surface area contributed by atoms with Gasteiger partial charge in [0.15, 0.2) is 5.16 Å². The van der Waals surface area contributed by atoms with E-state index in [1.54, 1.807) is 6.92 Å². The Morgan fingerprint density at radius 3 is 2.83 bits per heavy atom. The fraction of sp³-hybridized carbons (Fsp3) is 0.400. The van der Waals surface area contributed by atoms with Crippen molar-refractivity contribution in [2.75, 3.05) is 12.3 Å². The molecular weight excluding hydrogens is 256 g/mol. The van der Waals surface area contributed by atoms with E-state index in [0.717, 1.165) is 17.8 Å². The number of carbonyl (C=O) groups is 2. The van der Waals surface area contributed by atoms with Crippen LogP contribution in [0.5, 0.6) is 0 Å². The number of H-pyrrole nitrogens is 1. The zero-order valence-electron chi connectivity index (χ0n) is 9.67. The Morgan fingerprint density at radius 2 is 2.28 bits per heavy atom. The highest BCUT2D eigenvalue weighted by molar-refractivity contribution is 8.00. The van der Waals surface area contributed by atoms with Gasteiger partial charge in [0.05, 0.1) is 0 Å². The van der Waals surface area contributed by atoms with E-state index < -0.39 is 5.25 Å². The summed E-state index contributed by atoms with van der Waals surface area (Å²) in [5.74, 6) is -0.366. The third kappa shape index (κ3) is 2.37. The molecule has 1 aromatic heterocycles. The van der Waals surface area contributed by atoms with Crippen LogP contribution in [0.1, 0.15) is 13.3 Å². The van der Waals surface area contributed by atoms with Crippen LogP contribution in [-0.4, -0.2) is 38.5 Å². The van der Waals surface area contributed by atoms with Gasteiger partial charge in [0.2, 0.25) is 11.8 Å². The van der Waals surface area contributed by atoms with Gasteiger partial charge >= 0.3 is 0 Å². The lowest BCUT2D eigenvalue weighted by Gasteiger charge is -2.11. The van der Waals surface area contributed by atoms with Crippen molar-refractivity contribution in [1.29, 1.82) is 0 Å². The van der Waals surface area contributed by atoms with Crippen LogP contribution in [0, 0.1) is 0 Å². The molecule has 2 heterocycles. The molecule has 0 radical (unpaired) electrons. The van der Waals surface area contributed by atoms with Crippen LogP contribution in [0.25, 0.3) is 0 Å². The summed E-state index contributed by atoms with van der Waals surface area (Å²) in [5.41, 5.74) is 5.06. The van der Waals surface area contributed by atoms with Crippen molar-refractivity contribution >= 4 is 29.4 Å². The molecule has 1 fully saturated rings. The van der Waals surface area contributed by atoms with Gasteiger partial charge in [-0.2, -0.15) is 0 Å². The molecule has 96 valence electrons. The lowest BCUT2D eigenvalue weighted by atomic mass is 10.4. The molecule has 3 N–H and O–H groups in total. The number of rotatable bonds is 3. The van der Waals surface area contributed by atoms with Crippen LogP contribution in [-0.2, 0) is 9.59 Å². The predicted molar refractivity (Wildman–Crippen MR) is 65.9 cm³/mol. The normalized spacial score (nSPS) is 19.6. The number of carbonyl (C=O) groups excluding carboxylic acids is 2. The Labute approximate surface area is 107 Å². The minimum absolute atomic E-state index is 0.0883. The molecule has 1 aliphatic rings. The quantitative estimate of drug-likeness (QED) is 0.570. The molecule has 8 heteroatoms. The van der Waals surface area contributed by atoms with Crippen LogP contribution in [0.3, 0.4) is 0 Å². The monoisotopic (exact) mass is 268 g/mol. The van der Waals surface area contributed by atoms with E-state index in [0.29, 0.717) is 6.54 Å². The van der Waals surface area contributed by atoms with Gasteiger partial charge in [-0.3, -0.25) is 19.3 Å². The molecule has 1 atom stereocenters. The number of amides is 2. The van der Waals surface area contributed by atoms with Crippen LogP contribution < -0.4 is 11.3 Å². The number of thioether (sulfide) groups is 1. The fourth-order valence-corrected chi connectivity index (χ4v) is 2.76. The van der Waals surface area contributed by atoms with Gasteiger partial charge in [-0.15, -0.1) is 0 Å². The number of nitrogens with one attached hydrogen (secondary N) is 1. The van der Waals surface area contributed by atoms with E-state index in [4.69, 9.17) is 5.73 Å². The standard InChI is InChI=1S/C10H12N4O3S/c1-2-14-8(16)3-5(9(14)17)18-10-12-6(11)4-7(15)13-10/h4-5H,2-3H2,1H3,(H3,11,12,13,15). The number of aromatic nitrogens is 2. The summed E-state index contributed by atoms with van der Waals surface area (Å²) >= 11 is 1.05. The molecule has 0 aliphatic carbocycles. The summed E-state index contributed by atoms with van der Waals surface area (Å²) in [4.78, 5) is 42.2. The SMILES string of the molecule is CCN1C(=O)CC(Sc2nc(N)cc(=O)[nH]2)C1=O. The maximum absolute atomic E-state index is 11.9. The second kappa shape index (κ2) is 4.81. The predicted octanol–water partition coefficient (Wildman–Crippen LogP) is -0.408. The summed E-state index contributed by atoms with van der Waals surface area (Å²) < 4.78 is 0. The van der Waals surface area contributed by atoms with Gasteiger partial charge in [0.25, 0.3) is 5.56 Å². The number of likely N-dealkylation sites (tertiary alicyclic amines) is 1. The topological polar surface area (TPSA) is 109 Å². The van der Waals surface area contributed by atoms with Crippen molar-refractivity contribution in [3.05, 3.63) is 16.4 Å². The van der Waals surface area contributed by atoms with Crippen molar-refractivity contribution in [2.45, 2.75) is 23.8 Å². The highest BCUT2D eigenvalue weighted by Gasteiger charge is 2.38. The molecule has 1 saturated heterocycles. The molecule has 0 bridgehead atoms. The molecule has 0 spiro atoms. The first-order valence-corrected chi connectivity index (χ1v) is 6.27. The second-order valence-corrected chi connectivity index (χ2v) is 4.95. The fourth-order valence-electron chi connectivity index (χ4n) is 1.72. The average Bonchev–Trinajstić information content (AvgIpc) is 2.52. The van der Waals surface area contributed by atoms with Crippen molar-refractivity contribution in [3.63, 3.8) is 0 Å². The molecule has 1 aromatic rings. The molecular formula is C10H12N4O3S. The first kappa shape index (κ1) is 12.6. The van der Waals surface area contributed by atoms with Crippen LogP contribution >= 0.6 is 11.8 Å². The number of anilines is 1. The van der Waals surface area contributed by atoms with Crippen LogP contribution in [0.4, 0.5) is 5.82 Å². The molecule has 2 rings (SSSR count). The minimum atomic E-state index is -0.539. The van der Waals surface area contributed by atoms with Gasteiger partial charge in [-0.05, 0) is 6.92 Å². The van der Waals surface area contributed by atoms with Gasteiger partial charge in [0, 0.05) is 19.0 Å². The maximum atomic E-state index is 11.9. The largest absolute Gasteiger partial charge is 0.383 e. The number of nitrogens with zero attached hydrogens (tertiary/aromatic N) is 2. The Kier molecular flexibility index (Phi) is 3.37. The zero-order chi connectivity index (χ0) is 13.3.